The first kappa shape index (κ1) is 42.6. The Morgan fingerprint density at radius 1 is 0.527 bits per heavy atom. The third-order valence-corrected chi connectivity index (χ3v) is 9.68. The van der Waals surface area contributed by atoms with Crippen LogP contribution in [0.1, 0.15) is 11.1 Å². The van der Waals surface area contributed by atoms with Crippen LogP contribution in [-0.2, 0) is 20.2 Å². The second kappa shape index (κ2) is 17.1. The van der Waals surface area contributed by atoms with Crippen LogP contribution in [0.3, 0.4) is 0 Å². The monoisotopic (exact) mass is 910 g/mol. The van der Waals surface area contributed by atoms with Gasteiger partial charge in [-0.15, -0.1) is 20.5 Å². The topological polar surface area (TPSA) is 291 Å². The van der Waals surface area contributed by atoms with Crippen molar-refractivity contribution < 1.29 is 46.0 Å². The number of hydrogen-bond acceptors (Lipinski definition) is 16. The van der Waals surface area contributed by atoms with E-state index in [-0.39, 0.29) is 116 Å². The molecule has 0 spiro atoms. The third kappa shape index (κ3) is 9.38. The molecule has 0 saturated heterocycles. The van der Waals surface area contributed by atoms with E-state index in [9.17, 15) is 56.4 Å². The Morgan fingerprint density at radius 2 is 0.873 bits per heavy atom. The predicted octanol–water partition coefficient (Wildman–Crippen LogP) is 7.78. The predicted molar refractivity (Wildman–Crippen MR) is 197 cm³/mol. The fraction of sp³-hybridized carbons (Fsp3) is 0.0588. The summed E-state index contributed by atoms with van der Waals surface area (Å²) in [6.45, 7) is 2.98. The maximum Gasteiger partial charge on any atom is 2.00 e. The number of hydrogen-bond donors (Lipinski definition) is 2. The Labute approximate surface area is 351 Å². The molecule has 0 saturated carbocycles. The van der Waals surface area contributed by atoms with Gasteiger partial charge in [0, 0.05) is 22.9 Å². The van der Waals surface area contributed by atoms with Crippen LogP contribution in [0.2, 0.25) is 0 Å². The molecule has 6 aromatic rings. The van der Waals surface area contributed by atoms with Crippen LogP contribution in [-0.4, -0.2) is 94.9 Å². The molecule has 0 aliphatic heterocycles. The Morgan fingerprint density at radius 3 is 1.20 bits per heavy atom. The van der Waals surface area contributed by atoms with Gasteiger partial charge in [-0.3, -0.25) is 20.2 Å². The number of phenols is 2. The molecule has 0 unspecified atom stereocenters. The number of rotatable bonds is 8. The Balaban J connectivity index is 0.000000240. The fourth-order valence-corrected chi connectivity index (χ4v) is 6.71. The summed E-state index contributed by atoms with van der Waals surface area (Å²) >= 11 is 0. The van der Waals surface area contributed by atoms with Gasteiger partial charge in [-0.25, -0.2) is 16.8 Å². The molecule has 0 aliphatic rings. The van der Waals surface area contributed by atoms with Gasteiger partial charge in [-0.2, -0.15) is 0 Å². The minimum absolute atomic E-state index is 0. The second-order valence-corrected chi connectivity index (χ2v) is 13.9. The van der Waals surface area contributed by atoms with Crippen molar-refractivity contribution in [3.8, 4) is 11.5 Å². The molecule has 276 valence electrons. The summed E-state index contributed by atoms with van der Waals surface area (Å²) in [5.41, 5.74) is 0.103. The average molecular weight is 910 g/mol. The molecule has 6 rings (SSSR count). The van der Waals surface area contributed by atoms with Gasteiger partial charge in [0.1, 0.15) is 43.1 Å². The summed E-state index contributed by atoms with van der Waals surface area (Å²) in [6, 6.07) is 22.0. The molecule has 0 radical (unpaired) electrons. The number of nitro groups is 2. The van der Waals surface area contributed by atoms with Gasteiger partial charge in [-0.1, -0.05) is 48.5 Å². The minimum atomic E-state index is -4.83. The maximum atomic E-state index is 11.6. The number of benzene rings is 6. The van der Waals surface area contributed by atoms with E-state index in [1.54, 1.807) is 12.1 Å². The molecule has 0 atom stereocenters. The zero-order valence-electron chi connectivity index (χ0n) is 28.4. The minimum Gasteiger partial charge on any atom is -0.744 e. The van der Waals surface area contributed by atoms with E-state index in [2.05, 4.69) is 20.5 Å². The number of nitrogens with zero attached hydrogens (tertiary/aromatic N) is 6. The molecule has 0 fully saturated rings. The molecule has 55 heavy (non-hydrogen) atoms. The zero-order chi connectivity index (χ0) is 39.5. The van der Waals surface area contributed by atoms with Crippen molar-refractivity contribution in [1.29, 1.82) is 0 Å². The first-order chi connectivity index (χ1) is 25.4. The van der Waals surface area contributed by atoms with E-state index < -0.39 is 39.9 Å². The molecular formula is C34H24BaN6O12S2. The first-order valence-electron chi connectivity index (χ1n) is 15.1. The second-order valence-electron chi connectivity index (χ2n) is 11.2. The zero-order valence-corrected chi connectivity index (χ0v) is 34.5. The largest absolute Gasteiger partial charge is 2.00 e. The number of azo groups is 2. The van der Waals surface area contributed by atoms with Gasteiger partial charge < -0.3 is 19.3 Å². The van der Waals surface area contributed by atoms with E-state index in [4.69, 9.17) is 0 Å². The molecular weight excluding hydrogens is 886 g/mol. The maximum absolute atomic E-state index is 11.6. The molecule has 18 nitrogen and oxygen atoms in total. The summed E-state index contributed by atoms with van der Waals surface area (Å²) in [5, 5.41) is 58.5. The molecule has 0 amide bonds. The Hall–Kier alpha value is -5.17. The van der Waals surface area contributed by atoms with Crippen molar-refractivity contribution in [3.05, 3.63) is 128 Å². The van der Waals surface area contributed by atoms with E-state index in [1.807, 2.05) is 0 Å². The molecule has 0 bridgehead atoms. The van der Waals surface area contributed by atoms with Crippen LogP contribution in [0.5, 0.6) is 11.5 Å². The number of phenolic OH excluding ortho intramolecular Hbond substituents is 2. The van der Waals surface area contributed by atoms with Crippen LogP contribution in [0.25, 0.3) is 21.5 Å². The SMILES string of the molecule is Cc1c(N=Nc2c(O)ccc3cccc(S(=O)(=O)[O-])c23)cccc1[N+](=O)[O-].Cc1c(N=Nc2c(O)ccc3cccc(S(=O)(=O)[O-])c23)cccc1[N+](=O)[O-].[Ba+2]. The molecule has 0 aliphatic carbocycles. The van der Waals surface area contributed by atoms with Crippen molar-refractivity contribution in [2.45, 2.75) is 23.6 Å². The van der Waals surface area contributed by atoms with E-state index in [1.165, 1.54) is 86.6 Å². The van der Waals surface area contributed by atoms with Gasteiger partial charge >= 0.3 is 48.9 Å². The molecule has 21 heteroatoms. The number of fused-ring (bicyclic) bond motifs is 2. The summed E-state index contributed by atoms with van der Waals surface area (Å²) in [6.07, 6.45) is 0. The van der Waals surface area contributed by atoms with Crippen LogP contribution in [0, 0.1) is 34.1 Å². The molecule has 0 heterocycles. The smallest absolute Gasteiger partial charge is 0.744 e. The summed E-state index contributed by atoms with van der Waals surface area (Å²) in [5.74, 6) is -0.768. The van der Waals surface area contributed by atoms with Crippen molar-refractivity contribution in [1.82, 2.24) is 0 Å². The average Bonchev–Trinajstić information content (AvgIpc) is 3.10. The summed E-state index contributed by atoms with van der Waals surface area (Å²) < 4.78 is 69.4. The van der Waals surface area contributed by atoms with Gasteiger partial charge in [0.2, 0.25) is 0 Å². The first-order valence-corrected chi connectivity index (χ1v) is 17.9. The third-order valence-electron chi connectivity index (χ3n) is 7.92. The molecule has 6 aromatic carbocycles. The Kier molecular flexibility index (Phi) is 13.2. The van der Waals surface area contributed by atoms with Crippen molar-refractivity contribution in [3.63, 3.8) is 0 Å². The molecule has 2 N–H and O–H groups in total. The van der Waals surface area contributed by atoms with Gasteiger partial charge in [-0.05, 0) is 61.0 Å². The number of aromatic hydroxyl groups is 2. The van der Waals surface area contributed by atoms with E-state index >= 15 is 0 Å². The van der Waals surface area contributed by atoms with E-state index in [0.717, 1.165) is 12.1 Å². The van der Waals surface area contributed by atoms with Crippen LogP contribution < -0.4 is 0 Å². The summed E-state index contributed by atoms with van der Waals surface area (Å²) in [7, 11) is -9.66. The van der Waals surface area contributed by atoms with Crippen molar-refractivity contribution >= 4 is 125 Å². The molecule has 0 aromatic heterocycles. The van der Waals surface area contributed by atoms with Gasteiger partial charge in [0.05, 0.1) is 42.1 Å². The van der Waals surface area contributed by atoms with Gasteiger partial charge in [0.15, 0.2) is 0 Å². The van der Waals surface area contributed by atoms with Crippen LogP contribution in [0.4, 0.5) is 34.1 Å². The summed E-state index contributed by atoms with van der Waals surface area (Å²) in [4.78, 5) is 19.8. The Bertz CT molecular complexity index is 2610. The van der Waals surface area contributed by atoms with Crippen molar-refractivity contribution in [2.75, 3.05) is 0 Å². The fourth-order valence-electron chi connectivity index (χ4n) is 5.29. The standard InChI is InChI=1S/2C17H13N3O6S.Ba/c2*1-10-12(5-3-6-13(10)20(22)23)18-19-17-14(21)9-8-11-4-2-7-15(16(11)17)27(24,25)26;/h2*2-9,21H,1H3,(H,24,25,26);/q;;+2/p-2. The normalized spacial score (nSPS) is 11.7. The van der Waals surface area contributed by atoms with Crippen molar-refractivity contribution in [2.24, 2.45) is 20.5 Å². The quantitative estimate of drug-likeness (QED) is 0.0486. The van der Waals surface area contributed by atoms with Gasteiger partial charge in [0.25, 0.3) is 11.4 Å². The van der Waals surface area contributed by atoms with Crippen LogP contribution in [0.15, 0.2) is 127 Å². The number of nitro benzene ring substituents is 2. The van der Waals surface area contributed by atoms with E-state index in [0.29, 0.717) is 10.8 Å². The van der Waals surface area contributed by atoms with Crippen LogP contribution >= 0.6 is 0 Å².